The van der Waals surface area contributed by atoms with E-state index < -0.39 is 0 Å². The number of halogens is 1. The minimum atomic E-state index is -0.0334. The molecule has 3 rings (SSSR count). The van der Waals surface area contributed by atoms with E-state index in [-0.39, 0.29) is 24.2 Å². The molecule has 0 aliphatic heterocycles. The number of ether oxygens (including phenoxy) is 3. The van der Waals surface area contributed by atoms with Crippen LogP contribution < -0.4 is 14.8 Å². The zero-order valence-corrected chi connectivity index (χ0v) is 16.1. The van der Waals surface area contributed by atoms with Crippen molar-refractivity contribution in [2.24, 2.45) is 5.92 Å². The van der Waals surface area contributed by atoms with Crippen LogP contribution in [0.3, 0.4) is 0 Å². The van der Waals surface area contributed by atoms with E-state index in [2.05, 4.69) is 10.3 Å². The first-order valence-corrected chi connectivity index (χ1v) is 9.71. The Balaban J connectivity index is 1.36. The van der Waals surface area contributed by atoms with E-state index in [4.69, 9.17) is 25.8 Å². The molecular weight excluding hydrogens is 356 g/mol. The number of nitrogens with zero attached hydrogens (tertiary/aromatic N) is 1. The molecule has 1 atom stereocenters. The van der Waals surface area contributed by atoms with Crippen LogP contribution in [0.5, 0.6) is 11.6 Å². The predicted octanol–water partition coefficient (Wildman–Crippen LogP) is 3.36. The highest BCUT2D eigenvalue weighted by molar-refractivity contribution is 6.33. The third-order valence-electron chi connectivity index (χ3n) is 4.85. The second-order valence-corrected chi connectivity index (χ2v) is 7.68. The third kappa shape index (κ3) is 5.24. The van der Waals surface area contributed by atoms with Crippen molar-refractivity contribution in [1.82, 2.24) is 10.3 Å². The van der Waals surface area contributed by atoms with Crippen LogP contribution in [-0.4, -0.2) is 42.4 Å². The molecule has 1 N–H and O–H groups in total. The highest BCUT2D eigenvalue weighted by Crippen LogP contribution is 2.36. The molecule has 2 fully saturated rings. The normalized spacial score (nSPS) is 23.5. The second-order valence-electron chi connectivity index (χ2n) is 7.30. The zero-order chi connectivity index (χ0) is 18.5. The fraction of sp³-hybridized carbons (Fsp3) is 0.684. The molecule has 26 heavy (non-hydrogen) atoms. The van der Waals surface area contributed by atoms with Gasteiger partial charge >= 0.3 is 0 Å². The molecular formula is C19H27ClN2O4. The lowest BCUT2D eigenvalue weighted by Gasteiger charge is -2.35. The van der Waals surface area contributed by atoms with Crippen molar-refractivity contribution in [3.63, 3.8) is 0 Å². The Hall–Kier alpha value is -1.53. The maximum atomic E-state index is 11.0. The van der Waals surface area contributed by atoms with E-state index in [1.807, 2.05) is 6.92 Å². The van der Waals surface area contributed by atoms with Gasteiger partial charge in [0.25, 0.3) is 0 Å². The van der Waals surface area contributed by atoms with Gasteiger partial charge in [-0.3, -0.25) is 4.79 Å². The van der Waals surface area contributed by atoms with Gasteiger partial charge in [0.1, 0.15) is 10.8 Å². The number of aromatic nitrogens is 1. The Morgan fingerprint density at radius 1 is 1.38 bits per heavy atom. The van der Waals surface area contributed by atoms with E-state index >= 15 is 0 Å². The lowest BCUT2D eigenvalue weighted by molar-refractivity contribution is -0.120. The first-order valence-electron chi connectivity index (χ1n) is 9.34. The van der Waals surface area contributed by atoms with Crippen molar-refractivity contribution in [2.75, 3.05) is 13.2 Å². The van der Waals surface area contributed by atoms with Crippen LogP contribution in [0.25, 0.3) is 0 Å². The molecule has 1 aromatic heterocycles. The summed E-state index contributed by atoms with van der Waals surface area (Å²) in [6.45, 7) is 4.55. The summed E-state index contributed by atoms with van der Waals surface area (Å²) in [4.78, 5) is 15.2. The van der Waals surface area contributed by atoms with Crippen molar-refractivity contribution in [1.29, 1.82) is 0 Å². The van der Waals surface area contributed by atoms with Crippen LogP contribution in [-0.2, 0) is 9.53 Å². The van der Waals surface area contributed by atoms with Gasteiger partial charge in [0.2, 0.25) is 11.8 Å². The molecule has 6 nitrogen and oxygen atoms in total. The summed E-state index contributed by atoms with van der Waals surface area (Å²) in [5.74, 6) is 1.49. The number of carbonyl (C=O) groups is 1. The van der Waals surface area contributed by atoms with Crippen molar-refractivity contribution < 1.29 is 19.0 Å². The molecule has 0 radical (unpaired) electrons. The van der Waals surface area contributed by atoms with E-state index in [1.54, 1.807) is 12.3 Å². The predicted molar refractivity (Wildman–Crippen MR) is 98.8 cm³/mol. The largest absolute Gasteiger partial charge is 0.489 e. The molecule has 1 aromatic rings. The van der Waals surface area contributed by atoms with Crippen molar-refractivity contribution in [3.8, 4) is 11.6 Å². The fourth-order valence-electron chi connectivity index (χ4n) is 3.08. The topological polar surface area (TPSA) is 69.7 Å². The minimum Gasteiger partial charge on any atom is -0.489 e. The molecule has 0 spiro atoms. The second kappa shape index (κ2) is 8.91. The number of hydrogen-bond acceptors (Lipinski definition) is 5. The zero-order valence-electron chi connectivity index (χ0n) is 15.4. The van der Waals surface area contributed by atoms with Gasteiger partial charge in [-0.05, 0) is 44.9 Å². The number of pyridine rings is 1. The molecule has 0 bridgehead atoms. The van der Waals surface area contributed by atoms with E-state index in [0.29, 0.717) is 35.8 Å². The molecule has 0 saturated heterocycles. The monoisotopic (exact) mass is 382 g/mol. The molecule has 1 amide bonds. The van der Waals surface area contributed by atoms with Gasteiger partial charge in [-0.25, -0.2) is 4.98 Å². The van der Waals surface area contributed by atoms with Crippen LogP contribution >= 0.6 is 11.6 Å². The lowest BCUT2D eigenvalue weighted by atomic mass is 9.83. The summed E-state index contributed by atoms with van der Waals surface area (Å²) in [6, 6.07) is 1.82. The smallest absolute Gasteiger partial charge is 0.236 e. The van der Waals surface area contributed by atoms with Gasteiger partial charge in [0.05, 0.1) is 25.4 Å². The molecule has 0 aromatic carbocycles. The van der Waals surface area contributed by atoms with Crippen LogP contribution in [0.15, 0.2) is 12.3 Å². The molecule has 1 heterocycles. The number of carbonyl (C=O) groups excluding carboxylic acids is 1. The summed E-state index contributed by atoms with van der Waals surface area (Å²) in [7, 11) is 0. The quantitative estimate of drug-likeness (QED) is 0.709. The number of hydrogen-bond donors (Lipinski definition) is 1. The Morgan fingerprint density at radius 3 is 2.81 bits per heavy atom. The fourth-order valence-corrected chi connectivity index (χ4v) is 3.29. The van der Waals surface area contributed by atoms with E-state index in [9.17, 15) is 4.79 Å². The molecule has 2 aliphatic rings. The number of nitrogens with one attached hydrogen (secondary N) is 1. The summed E-state index contributed by atoms with van der Waals surface area (Å²) in [5, 5.41) is 3.27. The van der Waals surface area contributed by atoms with Crippen LogP contribution in [0, 0.1) is 5.92 Å². The summed E-state index contributed by atoms with van der Waals surface area (Å²) >= 11 is 6.36. The van der Waals surface area contributed by atoms with Crippen LogP contribution in [0.1, 0.15) is 46.0 Å². The van der Waals surface area contributed by atoms with E-state index in [0.717, 1.165) is 25.7 Å². The van der Waals surface area contributed by atoms with Gasteiger partial charge in [-0.1, -0.05) is 11.6 Å². The third-order valence-corrected chi connectivity index (χ3v) is 5.20. The lowest BCUT2D eigenvalue weighted by Crippen LogP contribution is -2.40. The molecule has 2 saturated carbocycles. The van der Waals surface area contributed by atoms with Crippen molar-refractivity contribution in [3.05, 3.63) is 17.3 Å². The van der Waals surface area contributed by atoms with E-state index in [1.165, 1.54) is 13.3 Å². The summed E-state index contributed by atoms with van der Waals surface area (Å²) in [5.41, 5.74) is 0. The summed E-state index contributed by atoms with van der Waals surface area (Å²) in [6.07, 6.45) is 7.45. The Morgan fingerprint density at radius 2 is 2.15 bits per heavy atom. The highest BCUT2D eigenvalue weighted by atomic mass is 35.5. The van der Waals surface area contributed by atoms with Crippen molar-refractivity contribution >= 4 is 17.5 Å². The molecule has 7 heteroatoms. The molecule has 0 unspecified atom stereocenters. The summed E-state index contributed by atoms with van der Waals surface area (Å²) < 4.78 is 17.5. The Bertz CT molecular complexity index is 618. The minimum absolute atomic E-state index is 0.0317. The molecule has 2 aliphatic carbocycles. The highest BCUT2D eigenvalue weighted by Gasteiger charge is 2.31. The average molecular weight is 383 g/mol. The average Bonchev–Trinajstić information content (AvgIpc) is 2.50. The van der Waals surface area contributed by atoms with Gasteiger partial charge in [0, 0.05) is 25.2 Å². The first-order chi connectivity index (χ1) is 12.5. The SMILES string of the molecule is CC(=O)N[C@@H](C)CO[C@H]1C[C@H](COc2nccc(OC3CCC3)c2Cl)C1. The maximum Gasteiger partial charge on any atom is 0.236 e. The molecule has 144 valence electrons. The standard InChI is InChI=1S/C19H27ClN2O4/c1-12(22-13(2)23)10-24-16-8-14(9-16)11-25-19-18(20)17(6-7-21-19)26-15-4-3-5-15/h6-7,12,14-16H,3-5,8-11H2,1-2H3,(H,22,23)/t12-,14-,16-/m0/s1. The Kier molecular flexibility index (Phi) is 6.59. The van der Waals surface area contributed by atoms with Gasteiger partial charge < -0.3 is 19.5 Å². The van der Waals surface area contributed by atoms with Crippen LogP contribution in [0.2, 0.25) is 5.02 Å². The first kappa shape index (κ1) is 19.2. The Labute approximate surface area is 159 Å². The number of rotatable bonds is 9. The van der Waals surface area contributed by atoms with Crippen LogP contribution in [0.4, 0.5) is 0 Å². The van der Waals surface area contributed by atoms with Gasteiger partial charge in [-0.2, -0.15) is 0 Å². The maximum absolute atomic E-state index is 11.0. The van der Waals surface area contributed by atoms with Gasteiger partial charge in [-0.15, -0.1) is 0 Å². The van der Waals surface area contributed by atoms with Crippen molar-refractivity contribution in [2.45, 2.75) is 64.2 Å². The number of amides is 1. The van der Waals surface area contributed by atoms with Gasteiger partial charge in [0.15, 0.2) is 0 Å².